The van der Waals surface area contributed by atoms with Gasteiger partial charge in [0.2, 0.25) is 0 Å². The van der Waals surface area contributed by atoms with Gasteiger partial charge in [-0.1, -0.05) is 13.8 Å². The molecule has 0 heterocycles. The quantitative estimate of drug-likeness (QED) is 0.609. The molecule has 72 valence electrons. The van der Waals surface area contributed by atoms with Crippen LogP contribution in [-0.4, -0.2) is 41.0 Å². The molecule has 0 fully saturated rings. The molecule has 0 aliphatic rings. The number of aliphatic carboxylic acids is 2. The summed E-state index contributed by atoms with van der Waals surface area (Å²) in [5.41, 5.74) is 0. The Balaban J connectivity index is 0. The van der Waals surface area contributed by atoms with E-state index in [-0.39, 0.29) is 18.9 Å². The molecule has 0 aliphatic heterocycles. The van der Waals surface area contributed by atoms with Crippen molar-refractivity contribution in [2.75, 3.05) is 0 Å². The Kier molecular flexibility index (Phi) is 8.08. The number of carboxylic acids is 2. The zero-order chi connectivity index (χ0) is 9.72. The van der Waals surface area contributed by atoms with Crippen LogP contribution in [0.4, 0.5) is 0 Å². The zero-order valence-electron chi connectivity index (χ0n) is 7.28. The van der Waals surface area contributed by atoms with Crippen LogP contribution in [0.5, 0.6) is 0 Å². The molecule has 0 spiro atoms. The van der Waals surface area contributed by atoms with Crippen LogP contribution in [0.25, 0.3) is 0 Å². The molecule has 0 aliphatic carbocycles. The first-order valence-electron chi connectivity index (χ1n) is 4.00. The van der Waals surface area contributed by atoms with Gasteiger partial charge >= 0.3 is 30.8 Å². The summed E-state index contributed by atoms with van der Waals surface area (Å²) in [4.78, 5) is 21.1. The predicted octanol–water partition coefficient (Wildman–Crippen LogP) is 0.559. The number of carboxylic acid groups (broad SMARTS) is 2. The van der Waals surface area contributed by atoms with E-state index >= 15 is 0 Å². The third-order valence-electron chi connectivity index (χ3n) is 2.00. The van der Waals surface area contributed by atoms with E-state index in [2.05, 4.69) is 0 Å². The van der Waals surface area contributed by atoms with Gasteiger partial charge in [-0.2, -0.15) is 0 Å². The third kappa shape index (κ3) is 4.35. The Bertz CT molecular complexity index is 161. The second-order valence-electron chi connectivity index (χ2n) is 2.71. The third-order valence-corrected chi connectivity index (χ3v) is 2.00. The summed E-state index contributed by atoms with van der Waals surface area (Å²) in [7, 11) is 0. The van der Waals surface area contributed by atoms with Crippen molar-refractivity contribution in [1.82, 2.24) is 0 Å². The van der Waals surface area contributed by atoms with Crippen LogP contribution < -0.4 is 0 Å². The fraction of sp³-hybridized carbons (Fsp3) is 0.750. The second-order valence-corrected chi connectivity index (χ2v) is 2.71. The molecule has 0 bridgehead atoms. The van der Waals surface area contributed by atoms with Gasteiger partial charge in [0.1, 0.15) is 0 Å². The molecule has 2 N–H and O–H groups in total. The molecule has 5 heteroatoms. The van der Waals surface area contributed by atoms with E-state index in [0.29, 0.717) is 12.8 Å². The maximum absolute atomic E-state index is 10.6. The summed E-state index contributed by atoms with van der Waals surface area (Å²) in [6.07, 6.45) is 0.723. The topological polar surface area (TPSA) is 74.6 Å². The van der Waals surface area contributed by atoms with Crippen LogP contribution in [0.1, 0.15) is 26.7 Å². The van der Waals surface area contributed by atoms with Crippen molar-refractivity contribution in [3.63, 3.8) is 0 Å². The molecule has 13 heavy (non-hydrogen) atoms. The zero-order valence-corrected chi connectivity index (χ0v) is 7.28. The molecule has 2 unspecified atom stereocenters. The summed E-state index contributed by atoms with van der Waals surface area (Å²) in [5, 5.41) is 17.3. The predicted molar refractivity (Wildman–Crippen MR) is 50.0 cm³/mol. The van der Waals surface area contributed by atoms with Gasteiger partial charge in [0.05, 0.1) is 11.8 Å². The van der Waals surface area contributed by atoms with E-state index in [1.807, 2.05) is 0 Å². The Morgan fingerprint density at radius 2 is 1.23 bits per heavy atom. The number of carbonyl (C=O) groups is 2. The summed E-state index contributed by atoms with van der Waals surface area (Å²) >= 11 is 0. The van der Waals surface area contributed by atoms with E-state index in [1.54, 1.807) is 13.8 Å². The van der Waals surface area contributed by atoms with E-state index in [1.165, 1.54) is 0 Å². The van der Waals surface area contributed by atoms with Crippen LogP contribution in [0.3, 0.4) is 0 Å². The van der Waals surface area contributed by atoms with Gasteiger partial charge in [-0.15, -0.1) is 0 Å². The van der Waals surface area contributed by atoms with Gasteiger partial charge in [-0.25, -0.2) is 0 Å². The van der Waals surface area contributed by atoms with E-state index < -0.39 is 23.8 Å². The number of hydrogen-bond donors (Lipinski definition) is 2. The maximum atomic E-state index is 10.6. The summed E-state index contributed by atoms with van der Waals surface area (Å²) in [5.74, 6) is -3.56. The van der Waals surface area contributed by atoms with Crippen LogP contribution in [0.2, 0.25) is 0 Å². The van der Waals surface area contributed by atoms with Crippen LogP contribution in [-0.2, 0) is 9.59 Å². The van der Waals surface area contributed by atoms with Crippen molar-refractivity contribution in [3.05, 3.63) is 0 Å². The Labute approximate surface area is 89.5 Å². The molecule has 0 rings (SSSR count). The first-order valence-corrected chi connectivity index (χ1v) is 4.00. The summed E-state index contributed by atoms with van der Waals surface area (Å²) < 4.78 is 0. The normalized spacial score (nSPS) is 14.0. The van der Waals surface area contributed by atoms with Crippen LogP contribution >= 0.6 is 0 Å². The minimum absolute atomic E-state index is 0. The van der Waals surface area contributed by atoms with Gasteiger partial charge in [-0.05, 0) is 12.8 Å². The fourth-order valence-corrected chi connectivity index (χ4v) is 1.26. The van der Waals surface area contributed by atoms with E-state index in [4.69, 9.17) is 10.2 Å². The number of rotatable bonds is 5. The van der Waals surface area contributed by atoms with Gasteiger partial charge in [0, 0.05) is 0 Å². The van der Waals surface area contributed by atoms with Crippen LogP contribution in [0, 0.1) is 11.8 Å². The van der Waals surface area contributed by atoms with Crippen molar-refractivity contribution >= 4 is 30.8 Å². The molecule has 4 nitrogen and oxygen atoms in total. The molecule has 0 radical (unpaired) electrons. The van der Waals surface area contributed by atoms with Crippen molar-refractivity contribution in [1.29, 1.82) is 0 Å². The first kappa shape index (κ1) is 15.0. The molecular formula is C8H15LiO4. The molecule has 0 saturated heterocycles. The summed E-state index contributed by atoms with van der Waals surface area (Å²) in [6.45, 7) is 3.37. The monoisotopic (exact) mass is 182 g/mol. The van der Waals surface area contributed by atoms with Gasteiger partial charge in [0.25, 0.3) is 0 Å². The van der Waals surface area contributed by atoms with Crippen molar-refractivity contribution in [3.8, 4) is 0 Å². The van der Waals surface area contributed by atoms with Crippen molar-refractivity contribution in [2.45, 2.75) is 26.7 Å². The average Bonchev–Trinajstić information content (AvgIpc) is 1.98. The van der Waals surface area contributed by atoms with Gasteiger partial charge in [0.15, 0.2) is 0 Å². The van der Waals surface area contributed by atoms with Crippen LogP contribution in [0.15, 0.2) is 0 Å². The molecular weight excluding hydrogens is 167 g/mol. The van der Waals surface area contributed by atoms with Gasteiger partial charge in [-0.3, -0.25) is 9.59 Å². The van der Waals surface area contributed by atoms with E-state index in [9.17, 15) is 9.59 Å². The molecule has 0 aromatic rings. The summed E-state index contributed by atoms with van der Waals surface area (Å²) in [6, 6.07) is 0. The van der Waals surface area contributed by atoms with E-state index in [0.717, 1.165) is 0 Å². The molecule has 0 saturated carbocycles. The Morgan fingerprint density at radius 1 is 1.00 bits per heavy atom. The Hall–Kier alpha value is -0.463. The minimum atomic E-state index is -1.02. The average molecular weight is 182 g/mol. The molecule has 2 atom stereocenters. The Morgan fingerprint density at radius 3 is 1.31 bits per heavy atom. The molecule has 0 amide bonds. The first-order chi connectivity index (χ1) is 5.54. The molecule has 0 aromatic carbocycles. The van der Waals surface area contributed by atoms with Gasteiger partial charge < -0.3 is 10.2 Å². The fourth-order valence-electron chi connectivity index (χ4n) is 1.26. The number of hydrogen-bond acceptors (Lipinski definition) is 2. The second kappa shape index (κ2) is 6.99. The molecule has 0 aromatic heterocycles. The van der Waals surface area contributed by atoms with Crippen molar-refractivity contribution < 1.29 is 19.8 Å². The standard InChI is InChI=1S/C8H14O4.Li.H/c1-3-5(7(9)10)6(4-2)8(11)12;;/h5-6H,3-4H2,1-2H3,(H,9,10)(H,11,12);;. The van der Waals surface area contributed by atoms with Crippen molar-refractivity contribution in [2.24, 2.45) is 11.8 Å². The SMILES string of the molecule is CCC(C(=O)O)C(CC)C(=O)O.[LiH].